The zero-order valence-electron chi connectivity index (χ0n) is 9.30. The van der Waals surface area contributed by atoms with Crippen LogP contribution in [-0.4, -0.2) is 26.5 Å². The van der Waals surface area contributed by atoms with Crippen molar-refractivity contribution in [2.45, 2.75) is 17.1 Å². The Balaban J connectivity index is 2.80. The van der Waals surface area contributed by atoms with E-state index < -0.39 is 15.3 Å². The summed E-state index contributed by atoms with van der Waals surface area (Å²) in [5.74, 6) is 0. The first-order valence-corrected chi connectivity index (χ1v) is 7.62. The van der Waals surface area contributed by atoms with E-state index in [1.165, 1.54) is 0 Å². The first-order chi connectivity index (χ1) is 7.49. The highest BCUT2D eigenvalue weighted by Gasteiger charge is 2.18. The molecule has 0 aromatic heterocycles. The Bertz CT molecular complexity index is 429. The summed E-state index contributed by atoms with van der Waals surface area (Å²) < 4.78 is 25.9. The zero-order chi connectivity index (χ0) is 12.2. The monoisotopic (exact) mass is 260 g/mol. The summed E-state index contributed by atoms with van der Waals surface area (Å²) in [6, 6.07) is 7.23. The molecule has 16 heavy (non-hydrogen) atoms. The summed E-state index contributed by atoms with van der Waals surface area (Å²) >= 11 is 1.61. The van der Waals surface area contributed by atoms with Gasteiger partial charge in [0.2, 0.25) is 10.0 Å². The molecule has 0 fully saturated rings. The highest BCUT2D eigenvalue weighted by Crippen LogP contribution is 2.18. The van der Waals surface area contributed by atoms with E-state index in [0.717, 1.165) is 4.90 Å². The second-order valence-electron chi connectivity index (χ2n) is 3.42. The van der Waals surface area contributed by atoms with Gasteiger partial charge >= 0.3 is 0 Å². The Hall–Kier alpha value is -0.720. The second-order valence-corrected chi connectivity index (χ2v) is 6.40. The van der Waals surface area contributed by atoms with Crippen molar-refractivity contribution >= 4 is 27.5 Å². The van der Waals surface area contributed by atoms with Gasteiger partial charge in [-0.3, -0.25) is 4.72 Å². The first-order valence-electron chi connectivity index (χ1n) is 4.85. The number of sulfonamides is 1. The number of nitrogens with one attached hydrogen (secondary N) is 1. The molecule has 0 aliphatic rings. The molecule has 1 rings (SSSR count). The Labute approximate surface area is 101 Å². The summed E-state index contributed by atoms with van der Waals surface area (Å²) in [5.41, 5.74) is 5.90. The lowest BCUT2D eigenvalue weighted by molar-refractivity contribution is 0.589. The lowest BCUT2D eigenvalue weighted by atomic mass is 10.3. The van der Waals surface area contributed by atoms with E-state index in [9.17, 15) is 8.42 Å². The van der Waals surface area contributed by atoms with Crippen LogP contribution in [0.15, 0.2) is 29.2 Å². The second kappa shape index (κ2) is 5.56. The van der Waals surface area contributed by atoms with Gasteiger partial charge in [0.25, 0.3) is 0 Å². The van der Waals surface area contributed by atoms with Gasteiger partial charge in [0, 0.05) is 17.1 Å². The van der Waals surface area contributed by atoms with E-state index in [2.05, 4.69) is 4.72 Å². The smallest absolute Gasteiger partial charge is 0.236 e. The van der Waals surface area contributed by atoms with Gasteiger partial charge in [-0.05, 0) is 37.4 Å². The van der Waals surface area contributed by atoms with Crippen LogP contribution in [0.25, 0.3) is 0 Å². The molecule has 0 heterocycles. The highest BCUT2D eigenvalue weighted by atomic mass is 32.2. The normalized spacial score (nSPS) is 13.4. The molecule has 1 aromatic rings. The SMILES string of the molecule is CSc1ccc(NS(=O)(=O)C(C)CN)cc1. The van der Waals surface area contributed by atoms with Crippen molar-refractivity contribution in [2.75, 3.05) is 17.5 Å². The fraction of sp³-hybridized carbons (Fsp3) is 0.400. The molecule has 3 N–H and O–H groups in total. The number of hydrogen-bond donors (Lipinski definition) is 2. The van der Waals surface area contributed by atoms with Crippen LogP contribution in [0.3, 0.4) is 0 Å². The van der Waals surface area contributed by atoms with Gasteiger partial charge in [-0.1, -0.05) is 0 Å². The molecule has 1 unspecified atom stereocenters. The number of rotatable bonds is 5. The fourth-order valence-corrected chi connectivity index (χ4v) is 2.38. The molecule has 1 atom stereocenters. The standard InChI is InChI=1S/C10H16N2O2S2/c1-8(7-11)16(13,14)12-9-3-5-10(15-2)6-4-9/h3-6,8,12H,7,11H2,1-2H3. The van der Waals surface area contributed by atoms with Gasteiger partial charge < -0.3 is 5.73 Å². The van der Waals surface area contributed by atoms with Crippen molar-refractivity contribution in [2.24, 2.45) is 5.73 Å². The van der Waals surface area contributed by atoms with E-state index in [0.29, 0.717) is 5.69 Å². The van der Waals surface area contributed by atoms with Crippen molar-refractivity contribution in [1.29, 1.82) is 0 Å². The zero-order valence-corrected chi connectivity index (χ0v) is 10.9. The van der Waals surface area contributed by atoms with Gasteiger partial charge in [0.15, 0.2) is 0 Å². The molecule has 90 valence electrons. The topological polar surface area (TPSA) is 72.2 Å². The van der Waals surface area contributed by atoms with E-state index in [1.807, 2.05) is 18.4 Å². The molecule has 0 saturated heterocycles. The largest absolute Gasteiger partial charge is 0.329 e. The fourth-order valence-electron chi connectivity index (χ4n) is 1.05. The highest BCUT2D eigenvalue weighted by molar-refractivity contribution is 7.98. The van der Waals surface area contributed by atoms with Crippen molar-refractivity contribution in [1.82, 2.24) is 0 Å². The third-order valence-electron chi connectivity index (χ3n) is 2.21. The molecular formula is C10H16N2O2S2. The van der Waals surface area contributed by atoms with Crippen LogP contribution in [0.4, 0.5) is 5.69 Å². The van der Waals surface area contributed by atoms with Crippen molar-refractivity contribution in [3.8, 4) is 0 Å². The summed E-state index contributed by atoms with van der Waals surface area (Å²) in [7, 11) is -3.36. The van der Waals surface area contributed by atoms with Gasteiger partial charge in [-0.25, -0.2) is 8.42 Å². The molecule has 0 aliphatic carbocycles. The van der Waals surface area contributed by atoms with Crippen LogP contribution in [0.5, 0.6) is 0 Å². The lowest BCUT2D eigenvalue weighted by Crippen LogP contribution is -2.31. The Morgan fingerprint density at radius 1 is 1.38 bits per heavy atom. The average molecular weight is 260 g/mol. The first kappa shape index (κ1) is 13.3. The van der Waals surface area contributed by atoms with Crippen LogP contribution < -0.4 is 10.5 Å². The minimum Gasteiger partial charge on any atom is -0.329 e. The van der Waals surface area contributed by atoms with E-state index in [4.69, 9.17) is 5.73 Å². The summed E-state index contributed by atoms with van der Waals surface area (Å²) in [6.07, 6.45) is 1.97. The third kappa shape index (κ3) is 3.40. The number of hydrogen-bond acceptors (Lipinski definition) is 4. The molecule has 0 bridgehead atoms. The third-order valence-corrected chi connectivity index (χ3v) is 4.73. The molecule has 4 nitrogen and oxygen atoms in total. The average Bonchev–Trinajstić information content (AvgIpc) is 2.28. The maximum atomic E-state index is 11.7. The van der Waals surface area contributed by atoms with Crippen LogP contribution in [0.2, 0.25) is 0 Å². The van der Waals surface area contributed by atoms with Crippen LogP contribution >= 0.6 is 11.8 Å². The van der Waals surface area contributed by atoms with Crippen molar-refractivity contribution < 1.29 is 8.42 Å². The van der Waals surface area contributed by atoms with Crippen LogP contribution in [0, 0.1) is 0 Å². The van der Waals surface area contributed by atoms with E-state index >= 15 is 0 Å². The molecular weight excluding hydrogens is 244 g/mol. The van der Waals surface area contributed by atoms with Gasteiger partial charge in [0.05, 0.1) is 5.25 Å². The number of benzene rings is 1. The summed E-state index contributed by atoms with van der Waals surface area (Å²) in [6.45, 7) is 1.69. The molecule has 0 amide bonds. The summed E-state index contributed by atoms with van der Waals surface area (Å²) in [4.78, 5) is 1.09. The Morgan fingerprint density at radius 2 is 1.94 bits per heavy atom. The lowest BCUT2D eigenvalue weighted by Gasteiger charge is -2.12. The minimum absolute atomic E-state index is 0.109. The molecule has 0 radical (unpaired) electrons. The predicted molar refractivity (Wildman–Crippen MR) is 69.3 cm³/mol. The maximum absolute atomic E-state index is 11.7. The number of nitrogens with two attached hydrogens (primary N) is 1. The predicted octanol–water partition coefficient (Wildman–Crippen LogP) is 1.50. The van der Waals surface area contributed by atoms with Gasteiger partial charge in [0.1, 0.15) is 0 Å². The van der Waals surface area contributed by atoms with Crippen molar-refractivity contribution in [3.63, 3.8) is 0 Å². The van der Waals surface area contributed by atoms with E-state index in [-0.39, 0.29) is 6.54 Å². The molecule has 1 aromatic carbocycles. The minimum atomic E-state index is -3.36. The van der Waals surface area contributed by atoms with Gasteiger partial charge in [-0.15, -0.1) is 11.8 Å². The Morgan fingerprint density at radius 3 is 2.38 bits per heavy atom. The quantitative estimate of drug-likeness (QED) is 0.787. The molecule has 6 heteroatoms. The number of thioether (sulfide) groups is 1. The molecule has 0 spiro atoms. The molecule has 0 saturated carbocycles. The Kier molecular flexibility index (Phi) is 4.64. The van der Waals surface area contributed by atoms with Crippen LogP contribution in [-0.2, 0) is 10.0 Å². The van der Waals surface area contributed by atoms with Crippen molar-refractivity contribution in [3.05, 3.63) is 24.3 Å². The van der Waals surface area contributed by atoms with E-state index in [1.54, 1.807) is 30.8 Å². The maximum Gasteiger partial charge on any atom is 0.236 e. The summed E-state index contributed by atoms with van der Waals surface area (Å²) in [5, 5.41) is -0.590. The van der Waals surface area contributed by atoms with Gasteiger partial charge in [-0.2, -0.15) is 0 Å². The van der Waals surface area contributed by atoms with Crippen LogP contribution in [0.1, 0.15) is 6.92 Å². The molecule has 0 aliphatic heterocycles. The number of anilines is 1.